The van der Waals surface area contributed by atoms with Gasteiger partial charge in [-0.3, -0.25) is 9.59 Å². The maximum absolute atomic E-state index is 12.3. The van der Waals surface area contributed by atoms with E-state index in [4.69, 9.17) is 9.15 Å². The van der Waals surface area contributed by atoms with Gasteiger partial charge in [-0.2, -0.15) is 11.3 Å². The minimum absolute atomic E-state index is 0.0483. The number of thiophene rings is 1. The van der Waals surface area contributed by atoms with E-state index in [2.05, 4.69) is 10.3 Å². The molecule has 0 spiro atoms. The van der Waals surface area contributed by atoms with Crippen LogP contribution >= 0.6 is 22.7 Å². The van der Waals surface area contributed by atoms with E-state index in [0.29, 0.717) is 27.9 Å². The van der Waals surface area contributed by atoms with Crippen molar-refractivity contribution in [1.29, 1.82) is 0 Å². The van der Waals surface area contributed by atoms with E-state index in [1.165, 1.54) is 24.3 Å². The number of hydrogen-bond acceptors (Lipinski definition) is 8. The number of anilines is 1. The highest BCUT2D eigenvalue weighted by Crippen LogP contribution is 2.26. The molecule has 0 aliphatic rings. The number of esters is 1. The van der Waals surface area contributed by atoms with Gasteiger partial charge in [0.15, 0.2) is 0 Å². The number of fused-ring (bicyclic) bond motifs is 1. The highest BCUT2D eigenvalue weighted by Gasteiger charge is 2.13. The normalized spacial score (nSPS) is 10.8. The van der Waals surface area contributed by atoms with Gasteiger partial charge in [-0.25, -0.2) is 9.78 Å². The molecule has 152 valence electrons. The van der Waals surface area contributed by atoms with Crippen LogP contribution in [0.25, 0.3) is 21.5 Å². The molecule has 3 aromatic heterocycles. The Morgan fingerprint density at radius 2 is 2.07 bits per heavy atom. The Kier molecular flexibility index (Phi) is 5.73. The third-order valence-electron chi connectivity index (χ3n) is 4.18. The highest BCUT2D eigenvalue weighted by molar-refractivity contribution is 7.14. The summed E-state index contributed by atoms with van der Waals surface area (Å²) in [5, 5.41) is 9.94. The van der Waals surface area contributed by atoms with Crippen molar-refractivity contribution in [2.45, 2.75) is 20.0 Å². The summed E-state index contributed by atoms with van der Waals surface area (Å²) in [7, 11) is 0. The van der Waals surface area contributed by atoms with Gasteiger partial charge in [0.2, 0.25) is 5.91 Å². The van der Waals surface area contributed by atoms with E-state index in [1.54, 1.807) is 29.5 Å². The number of benzene rings is 1. The Balaban J connectivity index is 1.45. The maximum atomic E-state index is 12.3. The Morgan fingerprint density at radius 3 is 2.83 bits per heavy atom. The van der Waals surface area contributed by atoms with Gasteiger partial charge in [0.25, 0.3) is 0 Å². The number of aromatic nitrogens is 1. The molecule has 4 rings (SSSR count). The molecule has 0 radical (unpaired) electrons. The van der Waals surface area contributed by atoms with Crippen molar-refractivity contribution < 1.29 is 18.7 Å². The average Bonchev–Trinajstić information content (AvgIpc) is 3.37. The monoisotopic (exact) mass is 440 g/mol. The van der Waals surface area contributed by atoms with Crippen molar-refractivity contribution in [3.05, 3.63) is 68.1 Å². The molecule has 0 bridgehead atoms. The molecule has 7 nitrogen and oxygen atoms in total. The number of ether oxygens (including phenoxy) is 1. The van der Waals surface area contributed by atoms with Gasteiger partial charge < -0.3 is 14.5 Å². The Morgan fingerprint density at radius 1 is 1.20 bits per heavy atom. The van der Waals surface area contributed by atoms with Gasteiger partial charge in [-0.05, 0) is 23.6 Å². The van der Waals surface area contributed by atoms with E-state index in [-0.39, 0.29) is 18.9 Å². The van der Waals surface area contributed by atoms with Gasteiger partial charge in [-0.1, -0.05) is 0 Å². The number of carbonyl (C=O) groups is 2. The van der Waals surface area contributed by atoms with Crippen LogP contribution in [-0.2, 0) is 27.4 Å². The van der Waals surface area contributed by atoms with Crippen LogP contribution in [0.2, 0.25) is 0 Å². The van der Waals surface area contributed by atoms with Crippen LogP contribution in [0.3, 0.4) is 0 Å². The van der Waals surface area contributed by atoms with Crippen molar-refractivity contribution in [1.82, 2.24) is 4.98 Å². The second-order valence-corrected chi connectivity index (χ2v) is 8.11. The van der Waals surface area contributed by atoms with E-state index in [0.717, 1.165) is 10.6 Å². The zero-order valence-corrected chi connectivity index (χ0v) is 17.5. The molecule has 0 aliphatic carbocycles. The Labute approximate surface area is 179 Å². The van der Waals surface area contributed by atoms with E-state index in [9.17, 15) is 14.4 Å². The van der Waals surface area contributed by atoms with E-state index >= 15 is 0 Å². The lowest BCUT2D eigenvalue weighted by atomic mass is 10.1. The molecule has 1 N–H and O–H groups in total. The van der Waals surface area contributed by atoms with Crippen LogP contribution in [0.15, 0.2) is 55.7 Å². The summed E-state index contributed by atoms with van der Waals surface area (Å²) in [5.41, 5.74) is 2.46. The van der Waals surface area contributed by atoms with Crippen LogP contribution in [-0.4, -0.2) is 16.9 Å². The van der Waals surface area contributed by atoms with Crippen molar-refractivity contribution in [3.8, 4) is 10.6 Å². The van der Waals surface area contributed by atoms with Crippen LogP contribution in [0.1, 0.15) is 18.2 Å². The lowest BCUT2D eigenvalue weighted by Gasteiger charge is -2.08. The van der Waals surface area contributed by atoms with E-state index < -0.39 is 11.6 Å². The molecule has 1 amide bonds. The van der Waals surface area contributed by atoms with E-state index in [1.807, 2.05) is 22.2 Å². The molecule has 3 heterocycles. The minimum Gasteiger partial charge on any atom is -0.460 e. The molecular formula is C21H16N2O5S2. The SMILES string of the molecule is CC(=O)Nc1ccc2c(COC(=O)Cc3csc(-c4ccsc4)n3)cc(=O)oc2c1. The second kappa shape index (κ2) is 8.60. The van der Waals surface area contributed by atoms with Crippen molar-refractivity contribution >= 4 is 51.2 Å². The molecule has 4 aromatic rings. The number of rotatable bonds is 6. The molecule has 30 heavy (non-hydrogen) atoms. The summed E-state index contributed by atoms with van der Waals surface area (Å²) in [6, 6.07) is 8.24. The molecule has 1 aromatic carbocycles. The first kappa shape index (κ1) is 20.0. The number of amides is 1. The molecule has 0 saturated heterocycles. The Bertz CT molecular complexity index is 1270. The van der Waals surface area contributed by atoms with Gasteiger partial charge in [0, 0.05) is 52.0 Å². The molecule has 0 unspecified atom stereocenters. The fourth-order valence-electron chi connectivity index (χ4n) is 2.89. The predicted molar refractivity (Wildman–Crippen MR) is 116 cm³/mol. The second-order valence-electron chi connectivity index (χ2n) is 6.48. The first-order valence-corrected chi connectivity index (χ1v) is 10.8. The fourth-order valence-corrected chi connectivity index (χ4v) is 4.43. The minimum atomic E-state index is -0.562. The predicted octanol–water partition coefficient (Wildman–Crippen LogP) is 4.22. The van der Waals surface area contributed by atoms with Gasteiger partial charge in [0.1, 0.15) is 17.2 Å². The van der Waals surface area contributed by atoms with Gasteiger partial charge in [-0.15, -0.1) is 11.3 Å². The summed E-state index contributed by atoms with van der Waals surface area (Å²) in [6.45, 7) is 1.32. The lowest BCUT2D eigenvalue weighted by Crippen LogP contribution is -2.10. The highest BCUT2D eigenvalue weighted by atomic mass is 32.1. The molecule has 0 saturated carbocycles. The van der Waals surface area contributed by atoms with Gasteiger partial charge in [0.05, 0.1) is 12.1 Å². The molecule has 0 fully saturated rings. The first-order valence-electron chi connectivity index (χ1n) is 8.95. The number of carbonyl (C=O) groups excluding carboxylic acids is 2. The summed E-state index contributed by atoms with van der Waals surface area (Å²) in [6.07, 6.45) is 0.0483. The molecule has 9 heteroatoms. The zero-order valence-electron chi connectivity index (χ0n) is 15.8. The first-order chi connectivity index (χ1) is 14.5. The molecule has 0 atom stereocenters. The number of nitrogens with zero attached hydrogens (tertiary/aromatic N) is 1. The molecule has 0 aliphatic heterocycles. The third kappa shape index (κ3) is 4.64. The van der Waals surface area contributed by atoms with Crippen LogP contribution in [0.4, 0.5) is 5.69 Å². The standard InChI is InChI=1S/C21H16N2O5S2/c1-12(24)22-15-2-3-17-14(6-20(26)28-18(17)7-15)9-27-19(25)8-16-11-30-21(23-16)13-4-5-29-10-13/h2-7,10-11H,8-9H2,1H3,(H,22,24). The smallest absolute Gasteiger partial charge is 0.336 e. The van der Waals surface area contributed by atoms with Crippen molar-refractivity contribution in [3.63, 3.8) is 0 Å². The third-order valence-corrected chi connectivity index (χ3v) is 5.81. The summed E-state index contributed by atoms with van der Waals surface area (Å²) in [5.74, 6) is -0.667. The summed E-state index contributed by atoms with van der Waals surface area (Å²) >= 11 is 3.07. The number of nitrogens with one attached hydrogen (secondary N) is 1. The largest absolute Gasteiger partial charge is 0.460 e. The van der Waals surface area contributed by atoms with Crippen molar-refractivity contribution in [2.24, 2.45) is 0 Å². The number of thiazole rings is 1. The average molecular weight is 441 g/mol. The van der Waals surface area contributed by atoms with Crippen LogP contribution < -0.4 is 10.9 Å². The number of hydrogen-bond donors (Lipinski definition) is 1. The van der Waals surface area contributed by atoms with Crippen molar-refractivity contribution in [2.75, 3.05) is 5.32 Å². The summed E-state index contributed by atoms with van der Waals surface area (Å²) in [4.78, 5) is 39.8. The zero-order chi connectivity index (χ0) is 21.1. The fraction of sp³-hybridized carbons (Fsp3) is 0.143. The van der Waals surface area contributed by atoms with Crippen LogP contribution in [0, 0.1) is 0 Å². The maximum Gasteiger partial charge on any atom is 0.336 e. The lowest BCUT2D eigenvalue weighted by molar-refractivity contribution is -0.144. The molecular weight excluding hydrogens is 424 g/mol. The summed E-state index contributed by atoms with van der Waals surface area (Å²) < 4.78 is 10.6. The van der Waals surface area contributed by atoms with Crippen LogP contribution in [0.5, 0.6) is 0 Å². The van der Waals surface area contributed by atoms with Gasteiger partial charge >= 0.3 is 11.6 Å². The topological polar surface area (TPSA) is 98.5 Å². The quantitative estimate of drug-likeness (QED) is 0.356. The Hall–Kier alpha value is -3.30.